The molecule has 0 atom stereocenters. The summed E-state index contributed by atoms with van der Waals surface area (Å²) in [6.07, 6.45) is 3.20. The molecule has 0 aliphatic rings. The second kappa shape index (κ2) is 5.57. The van der Waals surface area contributed by atoms with Crippen molar-refractivity contribution in [2.45, 2.75) is 26.2 Å². The molecule has 2 rings (SSSR count). The molecule has 1 aromatic heterocycles. The highest BCUT2D eigenvalue weighted by Gasteiger charge is 2.13. The van der Waals surface area contributed by atoms with E-state index in [1.807, 2.05) is 12.1 Å². The molecule has 0 fully saturated rings. The number of nitrogens with one attached hydrogen (secondary N) is 1. The van der Waals surface area contributed by atoms with E-state index in [1.54, 1.807) is 18.2 Å². The Hall–Kier alpha value is -2.35. The van der Waals surface area contributed by atoms with Crippen molar-refractivity contribution in [1.82, 2.24) is 4.98 Å². The van der Waals surface area contributed by atoms with E-state index in [4.69, 9.17) is 0 Å². The van der Waals surface area contributed by atoms with Gasteiger partial charge in [-0.1, -0.05) is 64.3 Å². The fourth-order valence-electron chi connectivity index (χ4n) is 2.27. The topological polar surface area (TPSA) is 32.9 Å². The average Bonchev–Trinajstić information content (AvgIpc) is 2.45. The summed E-state index contributed by atoms with van der Waals surface area (Å²) in [5.41, 5.74) is 4.37. The molecule has 0 aliphatic heterocycles. The van der Waals surface area contributed by atoms with Crippen LogP contribution < -0.4 is 5.43 Å². The number of hydrogen-bond donors (Lipinski definition) is 1. The number of pyridine rings is 1. The highest BCUT2D eigenvalue weighted by Crippen LogP contribution is 2.25. The van der Waals surface area contributed by atoms with E-state index in [2.05, 4.69) is 51.0 Å². The van der Waals surface area contributed by atoms with Crippen molar-refractivity contribution in [2.75, 3.05) is 0 Å². The van der Waals surface area contributed by atoms with Crippen molar-refractivity contribution in [3.8, 4) is 11.3 Å². The van der Waals surface area contributed by atoms with Gasteiger partial charge in [-0.15, -0.1) is 0 Å². The molecule has 1 aromatic carbocycles. The van der Waals surface area contributed by atoms with Gasteiger partial charge in [-0.05, 0) is 22.6 Å². The van der Waals surface area contributed by atoms with Gasteiger partial charge in [0.05, 0.1) is 0 Å². The molecular formula is C19H21NO. The van der Waals surface area contributed by atoms with Gasteiger partial charge in [0.25, 0.3) is 0 Å². The Morgan fingerprint density at radius 1 is 1.05 bits per heavy atom. The summed E-state index contributed by atoms with van der Waals surface area (Å²) in [7, 11) is 0. The van der Waals surface area contributed by atoms with Crippen LogP contribution in [0.15, 0.2) is 48.3 Å². The fraction of sp³-hybridized carbons (Fsp3) is 0.211. The first kappa shape index (κ1) is 15.0. The lowest BCUT2D eigenvalue weighted by atomic mass is 9.86. The Morgan fingerprint density at radius 3 is 2.14 bits per heavy atom. The molecule has 2 heteroatoms. The summed E-state index contributed by atoms with van der Waals surface area (Å²) < 4.78 is 0. The van der Waals surface area contributed by atoms with Gasteiger partial charge in [0.15, 0.2) is 5.43 Å². The molecule has 1 N–H and O–H groups in total. The molecule has 0 radical (unpaired) electrons. The van der Waals surface area contributed by atoms with Crippen molar-refractivity contribution in [3.05, 3.63) is 70.5 Å². The minimum absolute atomic E-state index is 0.0476. The summed E-state index contributed by atoms with van der Waals surface area (Å²) in [6.45, 7) is 14.0. The van der Waals surface area contributed by atoms with Crippen molar-refractivity contribution in [3.63, 3.8) is 0 Å². The van der Waals surface area contributed by atoms with E-state index in [0.29, 0.717) is 11.3 Å². The maximum absolute atomic E-state index is 12.1. The summed E-state index contributed by atoms with van der Waals surface area (Å²) in [4.78, 5) is 15.4. The number of aromatic nitrogens is 1. The lowest BCUT2D eigenvalue weighted by molar-refractivity contribution is 0.590. The molecule has 0 saturated carbocycles. The Labute approximate surface area is 125 Å². The minimum atomic E-state index is -0.0476. The third-order valence-electron chi connectivity index (χ3n) is 3.57. The first-order chi connectivity index (χ1) is 9.86. The van der Waals surface area contributed by atoms with Gasteiger partial charge >= 0.3 is 0 Å². The van der Waals surface area contributed by atoms with Crippen LogP contribution in [0.1, 0.15) is 37.6 Å². The molecule has 2 aromatic rings. The first-order valence-corrected chi connectivity index (χ1v) is 7.00. The Kier molecular flexibility index (Phi) is 3.99. The van der Waals surface area contributed by atoms with E-state index >= 15 is 0 Å². The lowest BCUT2D eigenvalue weighted by Gasteiger charge is -2.19. The zero-order chi connectivity index (χ0) is 15.6. The van der Waals surface area contributed by atoms with Crippen LogP contribution >= 0.6 is 0 Å². The van der Waals surface area contributed by atoms with Gasteiger partial charge in [-0.3, -0.25) is 4.79 Å². The van der Waals surface area contributed by atoms with Crippen molar-refractivity contribution < 1.29 is 0 Å². The van der Waals surface area contributed by atoms with Gasteiger partial charge in [0.1, 0.15) is 0 Å². The molecule has 108 valence electrons. The zero-order valence-corrected chi connectivity index (χ0v) is 12.9. The summed E-state index contributed by atoms with van der Waals surface area (Å²) >= 11 is 0. The zero-order valence-electron chi connectivity index (χ0n) is 12.9. The van der Waals surface area contributed by atoms with Crippen LogP contribution in [0.4, 0.5) is 0 Å². The number of rotatable bonds is 3. The van der Waals surface area contributed by atoms with Crippen molar-refractivity contribution in [2.24, 2.45) is 0 Å². The molecule has 0 bridgehead atoms. The molecule has 0 aliphatic carbocycles. The molecule has 2 nitrogen and oxygen atoms in total. The third kappa shape index (κ3) is 3.05. The Balaban J connectivity index is 2.52. The highest BCUT2D eigenvalue weighted by molar-refractivity contribution is 5.67. The SMILES string of the molecule is C=Cc1[nH]c(-c2ccc(C(C)(C)C)cc2)cc(=O)c1C=C. The molecule has 0 amide bonds. The van der Waals surface area contributed by atoms with Crippen molar-refractivity contribution >= 4 is 12.2 Å². The van der Waals surface area contributed by atoms with E-state index in [-0.39, 0.29) is 10.8 Å². The standard InChI is InChI=1S/C19H21NO/c1-6-15-16(7-2)20-17(12-18(15)21)13-8-10-14(11-9-13)19(3,4)5/h6-12H,1-2H2,3-5H3,(H,20,21). The molecule has 0 saturated heterocycles. The minimum Gasteiger partial charge on any atom is -0.354 e. The fourth-order valence-corrected chi connectivity index (χ4v) is 2.27. The van der Waals surface area contributed by atoms with Crippen LogP contribution in [0.3, 0.4) is 0 Å². The van der Waals surface area contributed by atoms with E-state index < -0.39 is 0 Å². The van der Waals surface area contributed by atoms with E-state index in [9.17, 15) is 4.79 Å². The second-order valence-corrected chi connectivity index (χ2v) is 6.11. The lowest BCUT2D eigenvalue weighted by Crippen LogP contribution is -2.11. The largest absolute Gasteiger partial charge is 0.354 e. The third-order valence-corrected chi connectivity index (χ3v) is 3.57. The molecular weight excluding hydrogens is 258 g/mol. The Morgan fingerprint density at radius 2 is 1.67 bits per heavy atom. The van der Waals surface area contributed by atoms with Crippen molar-refractivity contribution in [1.29, 1.82) is 0 Å². The monoisotopic (exact) mass is 279 g/mol. The highest BCUT2D eigenvalue weighted by atomic mass is 16.1. The van der Waals surface area contributed by atoms with Crippen LogP contribution in [0, 0.1) is 0 Å². The number of hydrogen-bond acceptors (Lipinski definition) is 1. The first-order valence-electron chi connectivity index (χ1n) is 7.00. The van der Waals surface area contributed by atoms with Crippen LogP contribution in [-0.4, -0.2) is 4.98 Å². The average molecular weight is 279 g/mol. The quantitative estimate of drug-likeness (QED) is 0.873. The van der Waals surface area contributed by atoms with Crippen LogP contribution in [0.5, 0.6) is 0 Å². The maximum atomic E-state index is 12.1. The molecule has 21 heavy (non-hydrogen) atoms. The van der Waals surface area contributed by atoms with Gasteiger partial charge in [-0.25, -0.2) is 0 Å². The maximum Gasteiger partial charge on any atom is 0.189 e. The van der Waals surface area contributed by atoms with E-state index in [0.717, 1.165) is 11.3 Å². The van der Waals surface area contributed by atoms with Crippen LogP contribution in [-0.2, 0) is 5.41 Å². The van der Waals surface area contributed by atoms with Crippen LogP contribution in [0.25, 0.3) is 23.4 Å². The van der Waals surface area contributed by atoms with Gasteiger partial charge in [0.2, 0.25) is 0 Å². The number of benzene rings is 1. The predicted octanol–water partition coefficient (Wildman–Crippen LogP) is 4.63. The molecule has 0 unspecified atom stereocenters. The summed E-state index contributed by atoms with van der Waals surface area (Å²) in [5.74, 6) is 0. The Bertz CT molecular complexity index is 728. The van der Waals surface area contributed by atoms with Gasteiger partial charge < -0.3 is 4.98 Å². The predicted molar refractivity (Wildman–Crippen MR) is 91.4 cm³/mol. The summed E-state index contributed by atoms with van der Waals surface area (Å²) in [6, 6.07) is 9.88. The van der Waals surface area contributed by atoms with E-state index in [1.165, 1.54) is 5.56 Å². The second-order valence-electron chi connectivity index (χ2n) is 6.11. The number of aromatic amines is 1. The molecule has 0 spiro atoms. The van der Waals surface area contributed by atoms with Gasteiger partial charge in [0, 0.05) is 23.0 Å². The van der Waals surface area contributed by atoms with Crippen LogP contribution in [0.2, 0.25) is 0 Å². The molecule has 1 heterocycles. The van der Waals surface area contributed by atoms with Gasteiger partial charge in [-0.2, -0.15) is 0 Å². The smallest absolute Gasteiger partial charge is 0.189 e. The normalized spacial score (nSPS) is 11.2. The summed E-state index contributed by atoms with van der Waals surface area (Å²) in [5, 5.41) is 0. The number of H-pyrrole nitrogens is 1.